The number of hydrogen-bond acceptors (Lipinski definition) is 3. The van der Waals surface area contributed by atoms with Crippen molar-refractivity contribution in [2.75, 3.05) is 20.7 Å². The zero-order valence-corrected chi connectivity index (χ0v) is 12.5. The molecule has 3 nitrogen and oxygen atoms in total. The molecule has 0 amide bonds. The maximum atomic E-state index is 5.87. The number of hydrogen-bond donors (Lipinski definition) is 1. The van der Waals surface area contributed by atoms with Gasteiger partial charge in [-0.2, -0.15) is 0 Å². The highest BCUT2D eigenvalue weighted by atomic mass is 16.5. The van der Waals surface area contributed by atoms with Crippen LogP contribution in [-0.2, 0) is 4.74 Å². The van der Waals surface area contributed by atoms with Crippen molar-refractivity contribution >= 4 is 5.71 Å². The molecule has 0 aromatic heterocycles. The van der Waals surface area contributed by atoms with E-state index < -0.39 is 0 Å². The third kappa shape index (κ3) is 4.91. The molecule has 1 rings (SSSR count). The van der Waals surface area contributed by atoms with Gasteiger partial charge in [-0.05, 0) is 53.2 Å². The molecule has 0 radical (unpaired) electrons. The summed E-state index contributed by atoms with van der Waals surface area (Å²) in [6.45, 7) is 7.37. The van der Waals surface area contributed by atoms with Crippen LogP contribution in [0.2, 0.25) is 0 Å². The smallest absolute Gasteiger partial charge is 0.0632 e. The Morgan fingerprint density at radius 2 is 2.22 bits per heavy atom. The highest BCUT2D eigenvalue weighted by Crippen LogP contribution is 2.29. The summed E-state index contributed by atoms with van der Waals surface area (Å²) >= 11 is 0. The summed E-state index contributed by atoms with van der Waals surface area (Å²) in [4.78, 5) is 4.47. The molecule has 1 fully saturated rings. The monoisotopic (exact) mass is 252 g/mol. The van der Waals surface area contributed by atoms with Crippen LogP contribution in [0.25, 0.3) is 0 Å². The maximum absolute atomic E-state index is 5.87. The summed E-state index contributed by atoms with van der Waals surface area (Å²) in [6.07, 6.45) is 7.71. The van der Waals surface area contributed by atoms with Gasteiger partial charge in [0.2, 0.25) is 0 Å². The fraction of sp³-hybridized carbons (Fsp3) is 0.800. The van der Waals surface area contributed by atoms with Crippen LogP contribution in [0.15, 0.2) is 17.1 Å². The molecule has 0 spiro atoms. The van der Waals surface area contributed by atoms with Crippen LogP contribution in [0.1, 0.15) is 40.0 Å². The van der Waals surface area contributed by atoms with E-state index in [2.05, 4.69) is 43.2 Å². The van der Waals surface area contributed by atoms with Crippen molar-refractivity contribution in [2.45, 2.75) is 51.7 Å². The largest absolute Gasteiger partial charge is 0.376 e. The molecule has 1 saturated heterocycles. The molecule has 1 aliphatic rings. The lowest BCUT2D eigenvalue weighted by atomic mass is 9.87. The third-order valence-electron chi connectivity index (χ3n) is 3.62. The predicted molar refractivity (Wildman–Crippen MR) is 78.4 cm³/mol. The van der Waals surface area contributed by atoms with Gasteiger partial charge < -0.3 is 10.1 Å². The Kier molecular flexibility index (Phi) is 6.03. The lowest BCUT2D eigenvalue weighted by molar-refractivity contribution is -0.0154. The summed E-state index contributed by atoms with van der Waals surface area (Å²) in [5.41, 5.74) is 1.18. The SMILES string of the molecule is C/N=C(\C=C/[C@H](C)NC)C1CCCOC(C)(C)C1. The summed E-state index contributed by atoms with van der Waals surface area (Å²) in [6, 6.07) is 0.386. The molecular weight excluding hydrogens is 224 g/mol. The number of aliphatic imine (C=N–C) groups is 1. The highest BCUT2D eigenvalue weighted by Gasteiger charge is 2.28. The first-order valence-corrected chi connectivity index (χ1v) is 6.94. The Hall–Kier alpha value is -0.670. The van der Waals surface area contributed by atoms with E-state index in [-0.39, 0.29) is 5.60 Å². The minimum absolute atomic E-state index is 0.0282. The molecule has 3 heteroatoms. The standard InChI is InChI=1S/C15H28N2O/c1-12(16-4)8-9-14(17-5)13-7-6-10-18-15(2,3)11-13/h8-9,12-13,16H,6-7,10-11H2,1-5H3/b9-8-,17-14+/t12-,13?/m0/s1. The first-order chi connectivity index (χ1) is 8.48. The minimum atomic E-state index is -0.0282. The van der Waals surface area contributed by atoms with Gasteiger partial charge in [0, 0.05) is 31.3 Å². The van der Waals surface area contributed by atoms with Crippen LogP contribution in [0.5, 0.6) is 0 Å². The fourth-order valence-electron chi connectivity index (χ4n) is 2.42. The molecule has 2 atom stereocenters. The van der Waals surface area contributed by atoms with Crippen LogP contribution in [0.4, 0.5) is 0 Å². The van der Waals surface area contributed by atoms with Crippen molar-refractivity contribution < 1.29 is 4.74 Å². The number of nitrogens with one attached hydrogen (secondary N) is 1. The third-order valence-corrected chi connectivity index (χ3v) is 3.62. The summed E-state index contributed by atoms with van der Waals surface area (Å²) < 4.78 is 5.87. The molecule has 0 aliphatic carbocycles. The predicted octanol–water partition coefficient (Wildman–Crippen LogP) is 2.82. The zero-order valence-electron chi connectivity index (χ0n) is 12.5. The minimum Gasteiger partial charge on any atom is -0.376 e. The van der Waals surface area contributed by atoms with Crippen LogP contribution >= 0.6 is 0 Å². The Labute approximate surface area is 112 Å². The molecule has 0 aromatic rings. The van der Waals surface area contributed by atoms with Crippen LogP contribution < -0.4 is 5.32 Å². The molecular formula is C15H28N2O. The molecule has 1 N–H and O–H groups in total. The molecule has 0 saturated carbocycles. The van der Waals surface area contributed by atoms with E-state index in [0.29, 0.717) is 12.0 Å². The Balaban J connectivity index is 2.72. The lowest BCUT2D eigenvalue weighted by Gasteiger charge is -2.26. The van der Waals surface area contributed by atoms with E-state index in [9.17, 15) is 0 Å². The van der Waals surface area contributed by atoms with Gasteiger partial charge in [-0.3, -0.25) is 4.99 Å². The first-order valence-electron chi connectivity index (χ1n) is 6.94. The number of nitrogens with zero attached hydrogens (tertiary/aromatic N) is 1. The molecule has 1 unspecified atom stereocenters. The van der Waals surface area contributed by atoms with Gasteiger partial charge in [0.25, 0.3) is 0 Å². The average Bonchev–Trinajstić information content (AvgIpc) is 2.50. The topological polar surface area (TPSA) is 33.6 Å². The van der Waals surface area contributed by atoms with Crippen LogP contribution in [-0.4, -0.2) is 38.1 Å². The molecule has 18 heavy (non-hydrogen) atoms. The first kappa shape index (κ1) is 15.4. The molecule has 1 aliphatic heterocycles. The molecule has 1 heterocycles. The van der Waals surface area contributed by atoms with E-state index in [0.717, 1.165) is 19.4 Å². The number of ether oxygens (including phenoxy) is 1. The van der Waals surface area contributed by atoms with Gasteiger partial charge >= 0.3 is 0 Å². The summed E-state index contributed by atoms with van der Waals surface area (Å²) in [5.74, 6) is 0.521. The van der Waals surface area contributed by atoms with E-state index >= 15 is 0 Å². The Bertz CT molecular complexity index is 308. The van der Waals surface area contributed by atoms with Crippen molar-refractivity contribution in [3.05, 3.63) is 12.2 Å². The average molecular weight is 252 g/mol. The lowest BCUT2D eigenvalue weighted by Crippen LogP contribution is -2.28. The number of likely N-dealkylation sites (N-methyl/N-ethyl adjacent to an activating group) is 1. The second-order valence-corrected chi connectivity index (χ2v) is 5.74. The molecule has 0 aromatic carbocycles. The normalized spacial score (nSPS) is 27.2. The van der Waals surface area contributed by atoms with Crippen molar-refractivity contribution in [2.24, 2.45) is 10.9 Å². The van der Waals surface area contributed by atoms with E-state index in [4.69, 9.17) is 4.74 Å². The quantitative estimate of drug-likeness (QED) is 0.781. The second-order valence-electron chi connectivity index (χ2n) is 5.74. The van der Waals surface area contributed by atoms with Gasteiger partial charge in [-0.15, -0.1) is 0 Å². The fourth-order valence-corrected chi connectivity index (χ4v) is 2.42. The van der Waals surface area contributed by atoms with E-state index in [1.807, 2.05) is 14.1 Å². The van der Waals surface area contributed by atoms with Gasteiger partial charge in [-0.25, -0.2) is 0 Å². The summed E-state index contributed by atoms with van der Waals surface area (Å²) in [7, 11) is 3.86. The van der Waals surface area contributed by atoms with Crippen LogP contribution in [0, 0.1) is 5.92 Å². The highest BCUT2D eigenvalue weighted by molar-refractivity contribution is 5.96. The van der Waals surface area contributed by atoms with Crippen molar-refractivity contribution in [3.63, 3.8) is 0 Å². The van der Waals surface area contributed by atoms with Crippen molar-refractivity contribution in [3.8, 4) is 0 Å². The van der Waals surface area contributed by atoms with Gasteiger partial charge in [-0.1, -0.05) is 6.08 Å². The number of allylic oxidation sites excluding steroid dienone is 1. The van der Waals surface area contributed by atoms with Gasteiger partial charge in [0.1, 0.15) is 0 Å². The molecule has 104 valence electrons. The van der Waals surface area contributed by atoms with Gasteiger partial charge in [0.05, 0.1) is 5.60 Å². The van der Waals surface area contributed by atoms with Crippen LogP contribution in [0.3, 0.4) is 0 Å². The van der Waals surface area contributed by atoms with E-state index in [1.54, 1.807) is 0 Å². The van der Waals surface area contributed by atoms with Gasteiger partial charge in [0.15, 0.2) is 0 Å². The zero-order chi connectivity index (χ0) is 13.6. The van der Waals surface area contributed by atoms with Crippen molar-refractivity contribution in [1.82, 2.24) is 5.32 Å². The summed E-state index contributed by atoms with van der Waals surface area (Å²) in [5, 5.41) is 3.21. The Morgan fingerprint density at radius 1 is 1.50 bits per heavy atom. The Morgan fingerprint density at radius 3 is 2.83 bits per heavy atom. The maximum Gasteiger partial charge on any atom is 0.0632 e. The number of rotatable bonds is 4. The molecule has 0 bridgehead atoms. The van der Waals surface area contributed by atoms with E-state index in [1.165, 1.54) is 12.1 Å². The van der Waals surface area contributed by atoms with Crippen molar-refractivity contribution in [1.29, 1.82) is 0 Å². The second kappa shape index (κ2) is 7.05.